The predicted octanol–water partition coefficient (Wildman–Crippen LogP) is 3.15. The van der Waals surface area contributed by atoms with E-state index >= 15 is 0 Å². The van der Waals surface area contributed by atoms with E-state index in [1.807, 2.05) is 39.0 Å². The van der Waals surface area contributed by atoms with Gasteiger partial charge in [-0.2, -0.15) is 0 Å². The molecule has 0 nitrogen and oxygen atoms in total. The third-order valence-electron chi connectivity index (χ3n) is 0. The van der Waals surface area contributed by atoms with Crippen LogP contribution in [0, 0.1) is 0 Å². The van der Waals surface area contributed by atoms with Gasteiger partial charge in [-0.15, -0.1) is 0 Å². The van der Waals surface area contributed by atoms with Gasteiger partial charge in [-0.1, -0.05) is 0 Å². The van der Waals surface area contributed by atoms with Gasteiger partial charge in [-0.3, -0.25) is 0 Å². The van der Waals surface area contributed by atoms with Crippen LogP contribution in [-0.2, 0) is 6.27 Å². The molecule has 5 heavy (non-hydrogen) atoms. The standard InChI is InChI=1S/2ClH.2HI.Pd/h4*1H;/q;;;;+4/p-4. The second kappa shape index (κ2) is 2.88. The van der Waals surface area contributed by atoms with Crippen LogP contribution >= 0.6 is 58.1 Å². The molecule has 0 rings (SSSR count). The SMILES string of the molecule is [Cl][Pd]([Cl])([I])[I]. The Kier molecular flexibility index (Phi) is 4.43. The van der Waals surface area contributed by atoms with E-state index in [-0.39, 0.29) is 0 Å². The zero-order chi connectivity index (χ0) is 4.50. The van der Waals surface area contributed by atoms with Gasteiger partial charge in [0.1, 0.15) is 0 Å². The van der Waals surface area contributed by atoms with E-state index in [9.17, 15) is 0 Å². The first kappa shape index (κ1) is 7.70. The molecule has 0 aromatic carbocycles. The average molecular weight is 431 g/mol. The van der Waals surface area contributed by atoms with Gasteiger partial charge in [-0.25, -0.2) is 0 Å². The maximum absolute atomic E-state index is 5.42. The first-order valence-corrected chi connectivity index (χ1v) is 13.7. The van der Waals surface area contributed by atoms with Crippen LogP contribution in [0.25, 0.3) is 0 Å². The van der Waals surface area contributed by atoms with Crippen LogP contribution in [0.1, 0.15) is 0 Å². The van der Waals surface area contributed by atoms with Gasteiger partial charge in [0.2, 0.25) is 0 Å². The van der Waals surface area contributed by atoms with E-state index < -0.39 is 6.27 Å². The Hall–Kier alpha value is 2.70. The quantitative estimate of drug-likeness (QED) is 0.409. The van der Waals surface area contributed by atoms with Crippen LogP contribution in [0.5, 0.6) is 0 Å². The Morgan fingerprint density at radius 3 is 1.20 bits per heavy atom. The molecule has 0 amide bonds. The van der Waals surface area contributed by atoms with Crippen LogP contribution < -0.4 is 0 Å². The Labute approximate surface area is 62.9 Å². The van der Waals surface area contributed by atoms with Crippen LogP contribution in [0.2, 0.25) is 0 Å². The molecule has 0 radical (unpaired) electrons. The Bertz CT molecular complexity index is 23.1. The molecule has 38 valence electrons. The van der Waals surface area contributed by atoms with E-state index in [2.05, 4.69) is 0 Å². The molecule has 0 atom stereocenters. The first-order valence-electron chi connectivity index (χ1n) is 0.478. The summed E-state index contributed by atoms with van der Waals surface area (Å²) >= 11 is 4.09. The minimum atomic E-state index is -1.82. The summed E-state index contributed by atoms with van der Waals surface area (Å²) in [6.45, 7) is 0. The molecule has 0 bridgehead atoms. The Balaban J connectivity index is 3.02. The van der Waals surface area contributed by atoms with Crippen molar-refractivity contribution in [2.75, 3.05) is 0 Å². The van der Waals surface area contributed by atoms with Crippen molar-refractivity contribution in [1.82, 2.24) is 0 Å². The van der Waals surface area contributed by atoms with Crippen LogP contribution in [0.4, 0.5) is 0 Å². The third-order valence-corrected chi connectivity index (χ3v) is 0. The Morgan fingerprint density at radius 2 is 1.20 bits per heavy atom. The monoisotopic (exact) mass is 430 g/mol. The molecule has 0 aliphatic heterocycles. The number of rotatable bonds is 0. The van der Waals surface area contributed by atoms with Crippen molar-refractivity contribution in [3.05, 3.63) is 0 Å². The van der Waals surface area contributed by atoms with Gasteiger partial charge < -0.3 is 0 Å². The zero-order valence-corrected chi connectivity index (χ0v) is 9.21. The summed E-state index contributed by atoms with van der Waals surface area (Å²) < 4.78 is 0. The summed E-state index contributed by atoms with van der Waals surface area (Å²) in [7, 11) is 10.8. The van der Waals surface area contributed by atoms with Crippen molar-refractivity contribution in [2.24, 2.45) is 0 Å². The summed E-state index contributed by atoms with van der Waals surface area (Å²) in [5.74, 6) is 0. The predicted molar refractivity (Wildman–Crippen MR) is 39.7 cm³/mol. The molecule has 5 heteroatoms. The molecule has 0 aromatic heterocycles. The molecule has 0 aliphatic rings. The van der Waals surface area contributed by atoms with Crippen LogP contribution in [-0.4, -0.2) is 0 Å². The molecular weight excluding hydrogens is 431 g/mol. The van der Waals surface area contributed by atoms with Crippen molar-refractivity contribution >= 4 is 58.1 Å². The number of hydrogen-bond acceptors (Lipinski definition) is 0. The van der Waals surface area contributed by atoms with Gasteiger partial charge >= 0.3 is 64.4 Å². The second-order valence-corrected chi connectivity index (χ2v) is 35.9. The minimum absolute atomic E-state index is 1.82. The summed E-state index contributed by atoms with van der Waals surface area (Å²) in [5, 5.41) is 0. The molecule has 0 aliphatic carbocycles. The summed E-state index contributed by atoms with van der Waals surface area (Å²) in [5.41, 5.74) is 0. The number of hydrogen-bond donors (Lipinski definition) is 0. The summed E-state index contributed by atoms with van der Waals surface area (Å²) in [4.78, 5) is 0. The maximum atomic E-state index is 5.42. The third kappa shape index (κ3) is 20.3. The van der Waals surface area contributed by atoms with E-state index in [1.54, 1.807) is 0 Å². The summed E-state index contributed by atoms with van der Waals surface area (Å²) in [6.07, 6.45) is -1.82. The molecule has 0 saturated carbocycles. The average Bonchev–Trinajstić information content (AvgIpc) is 0.722. The van der Waals surface area contributed by atoms with E-state index in [4.69, 9.17) is 19.1 Å². The molecule has 0 N–H and O–H groups in total. The van der Waals surface area contributed by atoms with Gasteiger partial charge in [0.05, 0.1) is 0 Å². The molecule has 0 unspecified atom stereocenters. The fourth-order valence-electron chi connectivity index (χ4n) is 0. The molecule has 0 saturated heterocycles. The first-order chi connectivity index (χ1) is 2.00. The molecule has 0 aromatic rings. The van der Waals surface area contributed by atoms with Crippen LogP contribution in [0.15, 0.2) is 0 Å². The number of halogens is 4. The molecule has 0 heterocycles. The zero-order valence-electron chi connectivity index (χ0n) is 1.83. The van der Waals surface area contributed by atoms with Crippen molar-refractivity contribution < 1.29 is 6.27 Å². The van der Waals surface area contributed by atoms with Gasteiger partial charge in [-0.05, 0) is 0 Å². The fourth-order valence-corrected chi connectivity index (χ4v) is 0. The fraction of sp³-hybridized carbons (Fsp3) is 0. The molecule has 0 fully saturated rings. The van der Waals surface area contributed by atoms with Crippen LogP contribution in [0.3, 0.4) is 0 Å². The second-order valence-electron chi connectivity index (χ2n) is 0.271. The normalized spacial score (nSPS) is 15.2. The van der Waals surface area contributed by atoms with Gasteiger partial charge in [0.25, 0.3) is 0 Å². The van der Waals surface area contributed by atoms with E-state index in [1.165, 1.54) is 0 Å². The van der Waals surface area contributed by atoms with Crippen molar-refractivity contribution in [3.8, 4) is 0 Å². The van der Waals surface area contributed by atoms with E-state index in [0.29, 0.717) is 0 Å². The van der Waals surface area contributed by atoms with Crippen molar-refractivity contribution in [3.63, 3.8) is 0 Å². The van der Waals surface area contributed by atoms with Crippen molar-refractivity contribution in [1.29, 1.82) is 0 Å². The van der Waals surface area contributed by atoms with E-state index in [0.717, 1.165) is 0 Å². The molecule has 0 spiro atoms. The van der Waals surface area contributed by atoms with Gasteiger partial charge in [0.15, 0.2) is 0 Å². The topological polar surface area (TPSA) is 0 Å². The van der Waals surface area contributed by atoms with Gasteiger partial charge in [0, 0.05) is 0 Å². The summed E-state index contributed by atoms with van der Waals surface area (Å²) in [6, 6.07) is 0. The van der Waals surface area contributed by atoms with Crippen molar-refractivity contribution in [2.45, 2.75) is 0 Å². The molecular formula is Cl2I2Pd. The Morgan fingerprint density at radius 1 is 1.20 bits per heavy atom.